The minimum atomic E-state index is -0.148. The van der Waals surface area contributed by atoms with E-state index >= 15 is 0 Å². The summed E-state index contributed by atoms with van der Waals surface area (Å²) in [7, 11) is 0. The van der Waals surface area contributed by atoms with Gasteiger partial charge in [-0.25, -0.2) is 4.98 Å². The molecule has 0 aliphatic rings. The smallest absolute Gasteiger partial charge is 0.258 e. The molecule has 4 aromatic rings. The average molecular weight is 422 g/mol. The monoisotopic (exact) mass is 421 g/mol. The summed E-state index contributed by atoms with van der Waals surface area (Å²) in [6.45, 7) is 3.95. The standard InChI is InChI=1S/C22H19N3O2S2/c1-14-7-9-16(10-8-14)21(27)24-18-5-3-4-6-19(18)28-13-17-11-20(26)25-12-15(2)29-22(25)23-17/h3-12H,13H2,1-2H3,(H,24,27). The number of thiazole rings is 1. The molecule has 146 valence electrons. The van der Waals surface area contributed by atoms with Crippen molar-refractivity contribution in [3.63, 3.8) is 0 Å². The van der Waals surface area contributed by atoms with E-state index in [0.29, 0.717) is 16.3 Å². The molecule has 4 rings (SSSR count). The van der Waals surface area contributed by atoms with Crippen LogP contribution >= 0.6 is 23.1 Å². The first-order valence-electron chi connectivity index (χ1n) is 9.08. The summed E-state index contributed by atoms with van der Waals surface area (Å²) in [6.07, 6.45) is 1.81. The van der Waals surface area contributed by atoms with Gasteiger partial charge in [-0.1, -0.05) is 29.8 Å². The van der Waals surface area contributed by atoms with Crippen molar-refractivity contribution in [2.45, 2.75) is 24.5 Å². The number of nitrogens with zero attached hydrogens (tertiary/aromatic N) is 2. The summed E-state index contributed by atoms with van der Waals surface area (Å²) in [4.78, 5) is 32.1. The van der Waals surface area contributed by atoms with Crippen LogP contribution in [0.3, 0.4) is 0 Å². The van der Waals surface area contributed by atoms with E-state index in [-0.39, 0.29) is 11.5 Å². The van der Waals surface area contributed by atoms with E-state index in [2.05, 4.69) is 10.3 Å². The number of amides is 1. The van der Waals surface area contributed by atoms with Gasteiger partial charge < -0.3 is 5.32 Å². The van der Waals surface area contributed by atoms with Crippen LogP contribution in [0.5, 0.6) is 0 Å². The van der Waals surface area contributed by atoms with Crippen LogP contribution < -0.4 is 10.9 Å². The number of carbonyl (C=O) groups excluding carboxylic acids is 1. The number of benzene rings is 2. The number of nitrogens with one attached hydrogen (secondary N) is 1. The molecule has 0 unspecified atom stereocenters. The number of aryl methyl sites for hydroxylation is 2. The Hall–Kier alpha value is -2.90. The van der Waals surface area contributed by atoms with Crippen molar-refractivity contribution >= 4 is 39.7 Å². The van der Waals surface area contributed by atoms with Crippen molar-refractivity contribution < 1.29 is 4.79 Å². The van der Waals surface area contributed by atoms with E-state index in [1.54, 1.807) is 22.2 Å². The molecule has 29 heavy (non-hydrogen) atoms. The topological polar surface area (TPSA) is 63.5 Å². The highest BCUT2D eigenvalue weighted by Crippen LogP contribution is 2.30. The quantitative estimate of drug-likeness (QED) is 0.465. The van der Waals surface area contributed by atoms with Crippen molar-refractivity contribution in [1.82, 2.24) is 9.38 Å². The number of fused-ring (bicyclic) bond motifs is 1. The fraction of sp³-hybridized carbons (Fsp3) is 0.136. The van der Waals surface area contributed by atoms with E-state index in [9.17, 15) is 9.59 Å². The Labute approximate surface area is 176 Å². The lowest BCUT2D eigenvalue weighted by atomic mass is 10.1. The predicted octanol–water partition coefficient (Wildman–Crippen LogP) is 4.92. The Morgan fingerprint density at radius 3 is 2.69 bits per heavy atom. The Morgan fingerprint density at radius 2 is 1.90 bits per heavy atom. The van der Waals surface area contributed by atoms with Crippen molar-refractivity contribution in [1.29, 1.82) is 0 Å². The Kier molecular flexibility index (Phi) is 5.51. The molecular weight excluding hydrogens is 402 g/mol. The summed E-state index contributed by atoms with van der Waals surface area (Å²) in [5.41, 5.74) is 3.12. The predicted molar refractivity (Wildman–Crippen MR) is 119 cm³/mol. The summed E-state index contributed by atoms with van der Waals surface area (Å²) in [6, 6.07) is 16.7. The molecule has 7 heteroatoms. The van der Waals surface area contributed by atoms with Gasteiger partial charge in [0.2, 0.25) is 0 Å². The number of carbonyl (C=O) groups is 1. The molecule has 1 N–H and O–H groups in total. The van der Waals surface area contributed by atoms with Gasteiger partial charge in [0.05, 0.1) is 11.4 Å². The van der Waals surface area contributed by atoms with Crippen molar-refractivity contribution in [2.75, 3.05) is 5.32 Å². The molecule has 0 bridgehead atoms. The van der Waals surface area contributed by atoms with E-state index < -0.39 is 0 Å². The van der Waals surface area contributed by atoms with Gasteiger partial charge in [-0.05, 0) is 38.1 Å². The normalized spacial score (nSPS) is 11.0. The largest absolute Gasteiger partial charge is 0.321 e. The molecule has 2 aromatic carbocycles. The molecule has 0 spiro atoms. The van der Waals surface area contributed by atoms with Crippen LogP contribution in [-0.4, -0.2) is 15.3 Å². The molecule has 0 saturated heterocycles. The highest BCUT2D eigenvalue weighted by Gasteiger charge is 2.11. The van der Waals surface area contributed by atoms with Crippen molar-refractivity contribution in [3.05, 3.63) is 92.8 Å². The lowest BCUT2D eigenvalue weighted by Crippen LogP contribution is -2.13. The third kappa shape index (κ3) is 4.41. The van der Waals surface area contributed by atoms with E-state index in [1.165, 1.54) is 11.3 Å². The minimum Gasteiger partial charge on any atom is -0.321 e. The molecule has 0 atom stereocenters. The van der Waals surface area contributed by atoms with Crippen LogP contribution in [0.15, 0.2) is 70.5 Å². The number of thioether (sulfide) groups is 1. The molecule has 0 aliphatic heterocycles. The van der Waals surface area contributed by atoms with Crippen molar-refractivity contribution in [2.24, 2.45) is 0 Å². The minimum absolute atomic E-state index is 0.0732. The van der Waals surface area contributed by atoms with Gasteiger partial charge in [0, 0.05) is 33.4 Å². The molecule has 0 aliphatic carbocycles. The maximum Gasteiger partial charge on any atom is 0.258 e. The number of rotatable bonds is 5. The molecule has 0 fully saturated rings. The van der Waals surface area contributed by atoms with Crippen LogP contribution in [0.4, 0.5) is 5.69 Å². The van der Waals surface area contributed by atoms with Gasteiger partial charge in [-0.2, -0.15) is 0 Å². The number of hydrogen-bond acceptors (Lipinski definition) is 5. The molecule has 5 nitrogen and oxygen atoms in total. The Balaban J connectivity index is 1.52. The maximum absolute atomic E-state index is 12.6. The summed E-state index contributed by atoms with van der Waals surface area (Å²) < 4.78 is 1.57. The van der Waals surface area contributed by atoms with E-state index in [4.69, 9.17) is 0 Å². The number of anilines is 1. The molecular formula is C22H19N3O2S2. The maximum atomic E-state index is 12.6. The zero-order valence-corrected chi connectivity index (χ0v) is 17.6. The third-order valence-electron chi connectivity index (χ3n) is 4.36. The van der Waals surface area contributed by atoms with Gasteiger partial charge in [0.1, 0.15) is 0 Å². The first kappa shape index (κ1) is 19.4. The summed E-state index contributed by atoms with van der Waals surface area (Å²) in [5, 5.41) is 2.98. The van der Waals surface area contributed by atoms with Crippen LogP contribution in [0, 0.1) is 13.8 Å². The number of aromatic nitrogens is 2. The first-order valence-corrected chi connectivity index (χ1v) is 10.9. The van der Waals surface area contributed by atoms with Gasteiger partial charge in [0.25, 0.3) is 11.5 Å². The van der Waals surface area contributed by atoms with Gasteiger partial charge in [0.15, 0.2) is 4.96 Å². The van der Waals surface area contributed by atoms with Crippen LogP contribution in [0.1, 0.15) is 26.5 Å². The third-order valence-corrected chi connectivity index (χ3v) is 6.37. The van der Waals surface area contributed by atoms with Crippen LogP contribution in [0.25, 0.3) is 4.96 Å². The summed E-state index contributed by atoms with van der Waals surface area (Å²) in [5.74, 6) is 0.394. The zero-order chi connectivity index (χ0) is 20.4. The lowest BCUT2D eigenvalue weighted by Gasteiger charge is -2.11. The van der Waals surface area contributed by atoms with E-state index in [1.807, 2.05) is 68.6 Å². The SMILES string of the molecule is Cc1ccc(C(=O)Nc2ccccc2SCc2cc(=O)n3cc(C)sc3n2)cc1. The van der Waals surface area contributed by atoms with Crippen LogP contribution in [0.2, 0.25) is 0 Å². The fourth-order valence-electron chi connectivity index (χ4n) is 2.88. The first-order chi connectivity index (χ1) is 14.0. The van der Waals surface area contributed by atoms with Gasteiger partial charge in [-0.15, -0.1) is 23.1 Å². The summed E-state index contributed by atoms with van der Waals surface area (Å²) >= 11 is 3.04. The second-order valence-corrected chi connectivity index (χ2v) is 8.92. The molecule has 0 radical (unpaired) electrons. The Bertz CT molecular complexity index is 1240. The lowest BCUT2D eigenvalue weighted by molar-refractivity contribution is 0.102. The van der Waals surface area contributed by atoms with Crippen molar-refractivity contribution in [3.8, 4) is 0 Å². The average Bonchev–Trinajstić information content (AvgIpc) is 3.08. The molecule has 2 aromatic heterocycles. The van der Waals surface area contributed by atoms with Crippen LogP contribution in [-0.2, 0) is 5.75 Å². The Morgan fingerprint density at radius 1 is 1.14 bits per heavy atom. The molecule has 1 amide bonds. The molecule has 2 heterocycles. The highest BCUT2D eigenvalue weighted by molar-refractivity contribution is 7.98. The van der Waals surface area contributed by atoms with Gasteiger partial charge in [-0.3, -0.25) is 14.0 Å². The second kappa shape index (κ2) is 8.23. The second-order valence-electron chi connectivity index (χ2n) is 6.69. The highest BCUT2D eigenvalue weighted by atomic mass is 32.2. The van der Waals surface area contributed by atoms with E-state index in [0.717, 1.165) is 26.7 Å². The fourth-order valence-corrected chi connectivity index (χ4v) is 4.63. The molecule has 0 saturated carbocycles. The number of para-hydroxylation sites is 1. The zero-order valence-electron chi connectivity index (χ0n) is 16.0. The van der Waals surface area contributed by atoms with Gasteiger partial charge >= 0.3 is 0 Å². The number of hydrogen-bond donors (Lipinski definition) is 1.